The molecule has 0 saturated heterocycles. The van der Waals surface area contributed by atoms with Crippen LogP contribution in [0.15, 0.2) is 0 Å². The summed E-state index contributed by atoms with van der Waals surface area (Å²) in [5.74, 6) is -0.429. The number of carbonyl (C=O) groups excluding carboxylic acids is 3. The van der Waals surface area contributed by atoms with Crippen molar-refractivity contribution >= 4 is 17.9 Å². The van der Waals surface area contributed by atoms with E-state index in [0.29, 0.717) is 58.2 Å². The van der Waals surface area contributed by atoms with E-state index in [1.807, 2.05) is 20.8 Å². The van der Waals surface area contributed by atoms with Gasteiger partial charge in [-0.3, -0.25) is 19.3 Å². The monoisotopic (exact) mass is 882 g/mol. The van der Waals surface area contributed by atoms with Gasteiger partial charge in [0, 0.05) is 32.4 Å². The molecule has 0 aromatic rings. The van der Waals surface area contributed by atoms with Crippen LogP contribution in [0.3, 0.4) is 0 Å². The number of nitrogens with zero attached hydrogens (tertiary/aromatic N) is 1. The van der Waals surface area contributed by atoms with E-state index in [0.717, 1.165) is 90.0 Å². The molecule has 9 heteroatoms. The quantitative estimate of drug-likeness (QED) is 0.0349. The Morgan fingerprint density at radius 1 is 0.452 bits per heavy atom. The predicted octanol–water partition coefficient (Wildman–Crippen LogP) is 13.9. The molecule has 0 heterocycles. The average molecular weight is 882 g/mol. The number of ether oxygens (including phenoxy) is 3. The SMILES string of the molecule is CCCCCCCCCCCOC(=O)CCCC(O)CN(CCCCCCC(=O)OC(C)(C)C)CC(O)CCCCCC(=O)OC(CCCCCCCC)CCCCCCCC. The van der Waals surface area contributed by atoms with Crippen LogP contribution < -0.4 is 0 Å². The minimum absolute atomic E-state index is 0.0381. The average Bonchev–Trinajstić information content (AvgIpc) is 3.21. The summed E-state index contributed by atoms with van der Waals surface area (Å²) in [7, 11) is 0. The van der Waals surface area contributed by atoms with Crippen molar-refractivity contribution in [3.8, 4) is 0 Å². The maximum Gasteiger partial charge on any atom is 0.306 e. The van der Waals surface area contributed by atoms with Crippen LogP contribution in [0, 0.1) is 0 Å². The van der Waals surface area contributed by atoms with Gasteiger partial charge in [0.05, 0.1) is 18.8 Å². The normalized spacial score (nSPS) is 12.9. The highest BCUT2D eigenvalue weighted by Crippen LogP contribution is 2.19. The number of unbranched alkanes of at least 4 members (excludes halogenated alkanes) is 23. The highest BCUT2D eigenvalue weighted by molar-refractivity contribution is 5.70. The lowest BCUT2D eigenvalue weighted by Gasteiger charge is -2.27. The van der Waals surface area contributed by atoms with Gasteiger partial charge in [-0.2, -0.15) is 0 Å². The van der Waals surface area contributed by atoms with Crippen molar-refractivity contribution in [1.82, 2.24) is 4.90 Å². The molecule has 0 amide bonds. The fourth-order valence-corrected chi connectivity index (χ4v) is 8.18. The van der Waals surface area contributed by atoms with E-state index < -0.39 is 17.8 Å². The van der Waals surface area contributed by atoms with Crippen LogP contribution in [0.2, 0.25) is 0 Å². The second kappa shape index (κ2) is 43.2. The summed E-state index contributed by atoms with van der Waals surface area (Å²) >= 11 is 0. The molecule has 0 radical (unpaired) electrons. The number of rotatable bonds is 46. The van der Waals surface area contributed by atoms with Gasteiger partial charge < -0.3 is 24.4 Å². The Balaban J connectivity index is 4.75. The summed E-state index contributed by atoms with van der Waals surface area (Å²) in [6, 6.07) is 0. The molecule has 0 rings (SSSR count). The molecule has 9 nitrogen and oxygen atoms in total. The Bertz CT molecular complexity index is 1000. The molecular formula is C53H103NO8. The van der Waals surface area contributed by atoms with E-state index >= 15 is 0 Å². The standard InChI is InChI=1S/C53H103NO8/c1-7-10-13-16-19-20-21-26-34-44-60-50(57)42-35-37-48(56)46-54(43-33-25-24-31-41-52(59)62-53(4,5)6)45-47(55)36-28-27-32-40-51(58)61-49(38-29-22-17-14-11-8-2)39-30-23-18-15-12-9-3/h47-49,55-56H,7-46H2,1-6H3. The van der Waals surface area contributed by atoms with Crippen LogP contribution in [0.5, 0.6) is 0 Å². The summed E-state index contributed by atoms with van der Waals surface area (Å²) in [4.78, 5) is 39.5. The van der Waals surface area contributed by atoms with Crippen molar-refractivity contribution in [2.45, 2.75) is 297 Å². The maximum absolute atomic E-state index is 12.9. The largest absolute Gasteiger partial charge is 0.466 e. The van der Waals surface area contributed by atoms with Crippen LogP contribution in [0.4, 0.5) is 0 Å². The number of hydrogen-bond donors (Lipinski definition) is 2. The van der Waals surface area contributed by atoms with Crippen molar-refractivity contribution < 1.29 is 38.8 Å². The molecule has 368 valence electrons. The smallest absolute Gasteiger partial charge is 0.306 e. The molecule has 0 aliphatic carbocycles. The molecule has 0 spiro atoms. The van der Waals surface area contributed by atoms with Crippen LogP contribution in [0.1, 0.15) is 273 Å². The summed E-state index contributed by atoms with van der Waals surface area (Å²) in [6.45, 7) is 14.5. The zero-order chi connectivity index (χ0) is 45.9. The number of esters is 3. The second-order valence-electron chi connectivity index (χ2n) is 19.6. The van der Waals surface area contributed by atoms with Gasteiger partial charge in [0.15, 0.2) is 0 Å². The Kier molecular flexibility index (Phi) is 42.0. The Morgan fingerprint density at radius 3 is 1.35 bits per heavy atom. The predicted molar refractivity (Wildman–Crippen MR) is 258 cm³/mol. The molecule has 0 aromatic carbocycles. The maximum atomic E-state index is 12.9. The van der Waals surface area contributed by atoms with E-state index in [1.165, 1.54) is 109 Å². The molecule has 0 saturated carbocycles. The summed E-state index contributed by atoms with van der Waals surface area (Å²) in [6.07, 6.45) is 35.7. The van der Waals surface area contributed by atoms with E-state index in [-0.39, 0.29) is 24.0 Å². The third kappa shape index (κ3) is 43.5. The fraction of sp³-hybridized carbons (Fsp3) is 0.943. The molecule has 0 aliphatic heterocycles. The van der Waals surface area contributed by atoms with Gasteiger partial charge in [0.1, 0.15) is 11.7 Å². The zero-order valence-electron chi connectivity index (χ0n) is 41.8. The van der Waals surface area contributed by atoms with Crippen LogP contribution >= 0.6 is 0 Å². The number of aliphatic hydroxyl groups excluding tert-OH is 2. The highest BCUT2D eigenvalue weighted by atomic mass is 16.6. The van der Waals surface area contributed by atoms with Gasteiger partial charge in [-0.05, 0) is 97.9 Å². The van der Waals surface area contributed by atoms with Crippen molar-refractivity contribution in [2.24, 2.45) is 0 Å². The molecule has 62 heavy (non-hydrogen) atoms. The molecule has 0 bridgehead atoms. The van der Waals surface area contributed by atoms with E-state index in [4.69, 9.17) is 14.2 Å². The summed E-state index contributed by atoms with van der Waals surface area (Å²) < 4.78 is 16.9. The molecule has 2 unspecified atom stereocenters. The van der Waals surface area contributed by atoms with E-state index in [1.54, 1.807) is 0 Å². The molecule has 2 atom stereocenters. The van der Waals surface area contributed by atoms with Crippen molar-refractivity contribution in [3.63, 3.8) is 0 Å². The van der Waals surface area contributed by atoms with Crippen molar-refractivity contribution in [1.29, 1.82) is 0 Å². The van der Waals surface area contributed by atoms with Gasteiger partial charge in [-0.15, -0.1) is 0 Å². The molecule has 0 fully saturated rings. The van der Waals surface area contributed by atoms with Crippen LogP contribution in [0.25, 0.3) is 0 Å². The van der Waals surface area contributed by atoms with Gasteiger partial charge >= 0.3 is 17.9 Å². The first-order chi connectivity index (χ1) is 29.9. The van der Waals surface area contributed by atoms with Gasteiger partial charge in [0.25, 0.3) is 0 Å². The van der Waals surface area contributed by atoms with Crippen molar-refractivity contribution in [3.05, 3.63) is 0 Å². The number of hydrogen-bond acceptors (Lipinski definition) is 9. The first-order valence-electron chi connectivity index (χ1n) is 26.5. The lowest BCUT2D eigenvalue weighted by molar-refractivity contribution is -0.155. The lowest BCUT2D eigenvalue weighted by Crippen LogP contribution is -2.38. The minimum atomic E-state index is -0.601. The Hall–Kier alpha value is -1.71. The first kappa shape index (κ1) is 60.3. The summed E-state index contributed by atoms with van der Waals surface area (Å²) in [5.41, 5.74) is -0.471. The van der Waals surface area contributed by atoms with Crippen molar-refractivity contribution in [2.75, 3.05) is 26.2 Å². The molecular weight excluding hydrogens is 779 g/mol. The molecule has 2 N–H and O–H groups in total. The number of carbonyl (C=O) groups is 3. The third-order valence-corrected chi connectivity index (χ3v) is 11.9. The van der Waals surface area contributed by atoms with E-state index in [9.17, 15) is 24.6 Å². The van der Waals surface area contributed by atoms with Gasteiger partial charge in [-0.1, -0.05) is 162 Å². The first-order valence-corrected chi connectivity index (χ1v) is 26.5. The van der Waals surface area contributed by atoms with Gasteiger partial charge in [0.2, 0.25) is 0 Å². The molecule has 0 aromatic heterocycles. The van der Waals surface area contributed by atoms with E-state index in [2.05, 4.69) is 25.7 Å². The highest BCUT2D eigenvalue weighted by Gasteiger charge is 2.19. The number of aliphatic hydroxyl groups is 2. The fourth-order valence-electron chi connectivity index (χ4n) is 8.18. The minimum Gasteiger partial charge on any atom is -0.466 e. The Labute approximate surface area is 383 Å². The lowest BCUT2D eigenvalue weighted by atomic mass is 10.0. The topological polar surface area (TPSA) is 123 Å². The third-order valence-electron chi connectivity index (χ3n) is 11.9. The van der Waals surface area contributed by atoms with Gasteiger partial charge in [-0.25, -0.2) is 0 Å². The van der Waals surface area contributed by atoms with Crippen LogP contribution in [-0.4, -0.2) is 83.2 Å². The van der Waals surface area contributed by atoms with Crippen LogP contribution in [-0.2, 0) is 28.6 Å². The summed E-state index contributed by atoms with van der Waals surface area (Å²) in [5, 5.41) is 22.0. The molecule has 0 aliphatic rings. The second-order valence-corrected chi connectivity index (χ2v) is 19.6. The Morgan fingerprint density at radius 2 is 0.839 bits per heavy atom. The zero-order valence-corrected chi connectivity index (χ0v) is 41.8.